The Kier molecular flexibility index (Phi) is 5.05. The molecule has 0 amide bonds. The zero-order valence-electron chi connectivity index (χ0n) is 14.6. The van der Waals surface area contributed by atoms with Crippen molar-refractivity contribution in [1.82, 2.24) is 25.0 Å². The van der Waals surface area contributed by atoms with E-state index in [0.29, 0.717) is 28.7 Å². The highest BCUT2D eigenvalue weighted by Crippen LogP contribution is 2.34. The number of aryl methyl sites for hydroxylation is 1. The Morgan fingerprint density at radius 2 is 1.89 bits per heavy atom. The van der Waals surface area contributed by atoms with Crippen LogP contribution in [0.2, 0.25) is 5.02 Å². The van der Waals surface area contributed by atoms with Gasteiger partial charge in [0, 0.05) is 11.1 Å². The number of halogens is 4. The summed E-state index contributed by atoms with van der Waals surface area (Å²) in [6, 6.07) is 4.36. The van der Waals surface area contributed by atoms with Gasteiger partial charge >= 0.3 is 6.18 Å². The summed E-state index contributed by atoms with van der Waals surface area (Å²) >= 11 is 6.06. The van der Waals surface area contributed by atoms with Crippen LogP contribution in [0.3, 0.4) is 0 Å². The molecule has 0 aliphatic rings. The van der Waals surface area contributed by atoms with E-state index in [2.05, 4.69) is 20.2 Å². The minimum Gasteiger partial charge on any atom is -0.481 e. The lowest BCUT2D eigenvalue weighted by atomic mass is 10.1. The highest BCUT2D eigenvalue weighted by molar-refractivity contribution is 6.31. The summed E-state index contributed by atoms with van der Waals surface area (Å²) < 4.78 is 43.5. The van der Waals surface area contributed by atoms with Gasteiger partial charge in [-0.25, -0.2) is 4.98 Å². The van der Waals surface area contributed by atoms with Crippen LogP contribution in [-0.4, -0.2) is 32.1 Å². The van der Waals surface area contributed by atoms with Gasteiger partial charge < -0.3 is 4.74 Å². The highest BCUT2D eigenvalue weighted by Gasteiger charge is 2.31. The Hall–Kier alpha value is -2.68. The number of aromatic nitrogens is 5. The fraction of sp³-hybridized carbons (Fsp3) is 0.294. The molecule has 2 heterocycles. The zero-order valence-corrected chi connectivity index (χ0v) is 15.4. The van der Waals surface area contributed by atoms with E-state index in [0.717, 1.165) is 12.1 Å². The Balaban J connectivity index is 1.92. The molecule has 3 rings (SSSR count). The van der Waals surface area contributed by atoms with Crippen LogP contribution in [0.1, 0.15) is 29.9 Å². The van der Waals surface area contributed by atoms with Gasteiger partial charge in [0.05, 0.1) is 30.6 Å². The molecular formula is C17H15ClF3N5O. The average molecular weight is 398 g/mol. The largest absolute Gasteiger partial charge is 0.481 e. The van der Waals surface area contributed by atoms with E-state index in [9.17, 15) is 13.2 Å². The van der Waals surface area contributed by atoms with Crippen molar-refractivity contribution in [2.24, 2.45) is 0 Å². The first-order valence-corrected chi connectivity index (χ1v) is 8.25. The smallest absolute Gasteiger partial charge is 0.416 e. The van der Waals surface area contributed by atoms with E-state index < -0.39 is 17.8 Å². The lowest BCUT2D eigenvalue weighted by Gasteiger charge is -2.15. The van der Waals surface area contributed by atoms with Crippen LogP contribution >= 0.6 is 11.6 Å². The maximum Gasteiger partial charge on any atom is 0.416 e. The second kappa shape index (κ2) is 7.15. The molecule has 0 bridgehead atoms. The fourth-order valence-electron chi connectivity index (χ4n) is 2.52. The van der Waals surface area contributed by atoms with Gasteiger partial charge in [-0.3, -0.25) is 0 Å². The van der Waals surface area contributed by atoms with E-state index in [4.69, 9.17) is 16.3 Å². The molecule has 10 heteroatoms. The minimum absolute atomic E-state index is 0.00396. The van der Waals surface area contributed by atoms with Crippen LogP contribution in [0.15, 0.2) is 30.5 Å². The predicted molar refractivity (Wildman–Crippen MR) is 92.6 cm³/mol. The number of hydrogen-bond donors (Lipinski definition) is 0. The Labute approximate surface area is 158 Å². The van der Waals surface area contributed by atoms with Crippen LogP contribution in [0, 0.1) is 6.92 Å². The topological polar surface area (TPSA) is 65.7 Å². The maximum atomic E-state index is 12.8. The number of rotatable bonds is 4. The van der Waals surface area contributed by atoms with E-state index in [-0.39, 0.29) is 5.02 Å². The normalized spacial score (nSPS) is 12.9. The van der Waals surface area contributed by atoms with Crippen LogP contribution in [-0.2, 0) is 6.18 Å². The van der Waals surface area contributed by atoms with Crippen LogP contribution in [0.4, 0.5) is 13.2 Å². The second-order valence-corrected chi connectivity index (χ2v) is 6.21. The monoisotopic (exact) mass is 397 g/mol. The molecule has 2 aromatic heterocycles. The molecule has 6 nitrogen and oxygen atoms in total. The van der Waals surface area contributed by atoms with Crippen LogP contribution in [0.5, 0.6) is 5.88 Å². The van der Waals surface area contributed by atoms with Crippen molar-refractivity contribution in [2.45, 2.75) is 26.1 Å². The number of methoxy groups -OCH3 is 1. The van der Waals surface area contributed by atoms with E-state index in [1.807, 2.05) is 0 Å². The molecule has 27 heavy (non-hydrogen) atoms. The van der Waals surface area contributed by atoms with Crippen molar-refractivity contribution in [2.75, 3.05) is 7.11 Å². The van der Waals surface area contributed by atoms with E-state index in [1.165, 1.54) is 24.2 Å². The predicted octanol–water partition coefficient (Wildman–Crippen LogP) is 4.33. The molecule has 1 unspecified atom stereocenters. The molecule has 0 aliphatic heterocycles. The summed E-state index contributed by atoms with van der Waals surface area (Å²) in [5.74, 6) is 0.906. The molecule has 0 radical (unpaired) electrons. The van der Waals surface area contributed by atoms with Gasteiger partial charge in [0.15, 0.2) is 0 Å². The standard InChI is InChI=1S/C17H15ClF3N5O/c1-9(12-5-4-11(6-13(12)18)17(19,20)21)26-22-8-15(25-26)14-7-16(27-3)24-10(2)23-14/h4-9H,1-3H3. The van der Waals surface area contributed by atoms with Crippen molar-refractivity contribution in [1.29, 1.82) is 0 Å². The maximum absolute atomic E-state index is 12.8. The van der Waals surface area contributed by atoms with Gasteiger partial charge in [0.1, 0.15) is 11.5 Å². The lowest BCUT2D eigenvalue weighted by Crippen LogP contribution is -2.12. The summed E-state index contributed by atoms with van der Waals surface area (Å²) in [5.41, 5.74) is 0.675. The van der Waals surface area contributed by atoms with Crippen LogP contribution < -0.4 is 4.74 Å². The average Bonchev–Trinajstić information content (AvgIpc) is 3.10. The van der Waals surface area contributed by atoms with Crippen LogP contribution in [0.25, 0.3) is 11.4 Å². The van der Waals surface area contributed by atoms with Gasteiger partial charge in [0.2, 0.25) is 5.88 Å². The number of hydrogen-bond acceptors (Lipinski definition) is 5. The van der Waals surface area contributed by atoms with Gasteiger partial charge in [-0.1, -0.05) is 17.7 Å². The number of nitrogens with zero attached hydrogens (tertiary/aromatic N) is 5. The van der Waals surface area contributed by atoms with E-state index in [1.54, 1.807) is 19.9 Å². The Bertz CT molecular complexity index is 973. The fourth-order valence-corrected chi connectivity index (χ4v) is 2.86. The molecule has 0 N–H and O–H groups in total. The Morgan fingerprint density at radius 3 is 2.52 bits per heavy atom. The number of alkyl halides is 3. The summed E-state index contributed by atoms with van der Waals surface area (Å²) in [6.45, 7) is 3.46. The summed E-state index contributed by atoms with van der Waals surface area (Å²) in [6.07, 6.45) is -2.94. The van der Waals surface area contributed by atoms with Gasteiger partial charge in [-0.15, -0.1) is 0 Å². The molecule has 1 aromatic carbocycles. The zero-order chi connectivity index (χ0) is 19.8. The van der Waals surface area contributed by atoms with E-state index >= 15 is 0 Å². The molecule has 142 valence electrons. The van der Waals surface area contributed by atoms with Gasteiger partial charge in [-0.05, 0) is 31.5 Å². The number of ether oxygens (including phenoxy) is 1. The third-order valence-electron chi connectivity index (χ3n) is 3.92. The first kappa shape index (κ1) is 19.1. The molecule has 3 aromatic rings. The molecular weight excluding hydrogens is 383 g/mol. The first-order chi connectivity index (χ1) is 12.7. The van der Waals surface area contributed by atoms with Crippen molar-refractivity contribution >= 4 is 11.6 Å². The number of benzene rings is 1. The summed E-state index contributed by atoms with van der Waals surface area (Å²) in [5, 5.41) is 8.55. The van der Waals surface area contributed by atoms with Gasteiger partial charge in [-0.2, -0.15) is 33.1 Å². The van der Waals surface area contributed by atoms with Crippen molar-refractivity contribution in [3.8, 4) is 17.3 Å². The first-order valence-electron chi connectivity index (χ1n) is 7.87. The molecule has 0 saturated carbocycles. The molecule has 0 spiro atoms. The third-order valence-corrected chi connectivity index (χ3v) is 4.25. The molecule has 0 fully saturated rings. The van der Waals surface area contributed by atoms with Crippen molar-refractivity contribution in [3.05, 3.63) is 52.4 Å². The summed E-state index contributed by atoms with van der Waals surface area (Å²) in [4.78, 5) is 9.77. The Morgan fingerprint density at radius 1 is 1.15 bits per heavy atom. The molecule has 0 saturated heterocycles. The third kappa shape index (κ3) is 4.02. The molecule has 1 atom stereocenters. The summed E-state index contributed by atoms with van der Waals surface area (Å²) in [7, 11) is 1.50. The van der Waals surface area contributed by atoms with Crippen molar-refractivity contribution < 1.29 is 17.9 Å². The molecule has 0 aliphatic carbocycles. The minimum atomic E-state index is -4.45. The van der Waals surface area contributed by atoms with Crippen molar-refractivity contribution in [3.63, 3.8) is 0 Å². The quantitative estimate of drug-likeness (QED) is 0.655. The lowest BCUT2D eigenvalue weighted by molar-refractivity contribution is -0.137. The SMILES string of the molecule is COc1cc(-c2cnn(C(C)c3ccc(C(F)(F)F)cc3Cl)n2)nc(C)n1. The highest BCUT2D eigenvalue weighted by atomic mass is 35.5. The second-order valence-electron chi connectivity index (χ2n) is 5.80. The van der Waals surface area contributed by atoms with Gasteiger partial charge in [0.25, 0.3) is 0 Å².